The van der Waals surface area contributed by atoms with Crippen LogP contribution >= 0.6 is 0 Å². The molecule has 10 heteroatoms. The SMILES string of the molecule is CC[C@@H](F)[C@H](C)NC(=O)O[C@@H]1CC[C@H](c2cc(NC(=O)Cc3ccnc(OC)c3)n[nH]2)C1. The van der Waals surface area contributed by atoms with Crippen LogP contribution in [0.4, 0.5) is 15.0 Å². The summed E-state index contributed by atoms with van der Waals surface area (Å²) in [5, 5.41) is 12.5. The van der Waals surface area contributed by atoms with E-state index >= 15 is 0 Å². The van der Waals surface area contributed by atoms with Gasteiger partial charge in [0, 0.05) is 29.9 Å². The number of H-pyrrole nitrogens is 1. The molecule has 0 unspecified atom stereocenters. The van der Waals surface area contributed by atoms with Crippen LogP contribution in [0.2, 0.25) is 0 Å². The summed E-state index contributed by atoms with van der Waals surface area (Å²) in [7, 11) is 1.52. The molecule has 4 atom stereocenters. The summed E-state index contributed by atoms with van der Waals surface area (Å²) in [4.78, 5) is 28.4. The highest BCUT2D eigenvalue weighted by Crippen LogP contribution is 2.35. The van der Waals surface area contributed by atoms with Crippen LogP contribution in [0.15, 0.2) is 24.4 Å². The lowest BCUT2D eigenvalue weighted by molar-refractivity contribution is -0.115. The number of methoxy groups -OCH3 is 1. The van der Waals surface area contributed by atoms with E-state index < -0.39 is 18.3 Å². The van der Waals surface area contributed by atoms with Gasteiger partial charge in [-0.15, -0.1) is 0 Å². The third kappa shape index (κ3) is 6.41. The van der Waals surface area contributed by atoms with E-state index in [1.165, 1.54) is 7.11 Å². The van der Waals surface area contributed by atoms with Crippen molar-refractivity contribution in [2.75, 3.05) is 12.4 Å². The molecular weight excluding hydrogens is 417 g/mol. The van der Waals surface area contributed by atoms with E-state index in [4.69, 9.17) is 9.47 Å². The first-order valence-electron chi connectivity index (χ1n) is 10.8. The zero-order chi connectivity index (χ0) is 23.1. The quantitative estimate of drug-likeness (QED) is 0.542. The summed E-state index contributed by atoms with van der Waals surface area (Å²) in [5.41, 5.74) is 1.66. The molecule has 1 aliphatic carbocycles. The Labute approximate surface area is 186 Å². The topological polar surface area (TPSA) is 118 Å². The van der Waals surface area contributed by atoms with Gasteiger partial charge in [0.15, 0.2) is 5.82 Å². The third-order valence-corrected chi connectivity index (χ3v) is 5.61. The average Bonchev–Trinajstić information content (AvgIpc) is 3.42. The van der Waals surface area contributed by atoms with E-state index in [9.17, 15) is 14.0 Å². The zero-order valence-corrected chi connectivity index (χ0v) is 18.6. The average molecular weight is 448 g/mol. The van der Waals surface area contributed by atoms with Gasteiger partial charge in [0.25, 0.3) is 0 Å². The van der Waals surface area contributed by atoms with Crippen molar-refractivity contribution in [3.05, 3.63) is 35.7 Å². The number of alkyl carbamates (subject to hydrolysis) is 1. The number of rotatable bonds is 9. The van der Waals surface area contributed by atoms with E-state index in [-0.39, 0.29) is 24.3 Å². The molecule has 1 aliphatic rings. The van der Waals surface area contributed by atoms with Crippen LogP contribution in [0, 0.1) is 0 Å². The van der Waals surface area contributed by atoms with Crippen LogP contribution in [0.25, 0.3) is 0 Å². The van der Waals surface area contributed by atoms with Crippen molar-refractivity contribution in [1.29, 1.82) is 0 Å². The lowest BCUT2D eigenvalue weighted by atomic mass is 10.0. The lowest BCUT2D eigenvalue weighted by Crippen LogP contribution is -2.40. The van der Waals surface area contributed by atoms with E-state index in [1.807, 2.05) is 0 Å². The van der Waals surface area contributed by atoms with Gasteiger partial charge in [0.2, 0.25) is 11.8 Å². The molecule has 9 nitrogen and oxygen atoms in total. The molecule has 32 heavy (non-hydrogen) atoms. The largest absolute Gasteiger partial charge is 0.481 e. The maximum atomic E-state index is 13.6. The summed E-state index contributed by atoms with van der Waals surface area (Å²) in [6.45, 7) is 3.35. The van der Waals surface area contributed by atoms with Gasteiger partial charge < -0.3 is 20.1 Å². The predicted molar refractivity (Wildman–Crippen MR) is 116 cm³/mol. The predicted octanol–water partition coefficient (Wildman–Crippen LogP) is 3.49. The minimum Gasteiger partial charge on any atom is -0.481 e. The fourth-order valence-corrected chi connectivity index (χ4v) is 3.80. The maximum Gasteiger partial charge on any atom is 0.407 e. The molecule has 0 saturated heterocycles. The minimum atomic E-state index is -1.10. The number of aromatic nitrogens is 3. The normalized spacial score (nSPS) is 19.8. The molecule has 3 rings (SSSR count). The van der Waals surface area contributed by atoms with Gasteiger partial charge in [-0.1, -0.05) is 6.92 Å². The number of carbonyl (C=O) groups excluding carboxylic acids is 2. The van der Waals surface area contributed by atoms with Crippen LogP contribution in [0.3, 0.4) is 0 Å². The lowest BCUT2D eigenvalue weighted by Gasteiger charge is -2.19. The number of halogens is 1. The van der Waals surface area contributed by atoms with Crippen LogP contribution in [0.5, 0.6) is 5.88 Å². The van der Waals surface area contributed by atoms with Crippen LogP contribution in [-0.2, 0) is 16.0 Å². The number of alkyl halides is 1. The van der Waals surface area contributed by atoms with Crippen molar-refractivity contribution in [3.63, 3.8) is 0 Å². The Balaban J connectivity index is 1.47. The molecule has 1 saturated carbocycles. The van der Waals surface area contributed by atoms with Gasteiger partial charge in [-0.2, -0.15) is 5.10 Å². The fourth-order valence-electron chi connectivity index (χ4n) is 3.80. The minimum absolute atomic E-state index is 0.136. The number of ether oxygens (including phenoxy) is 2. The number of nitrogens with zero attached hydrogens (tertiary/aromatic N) is 2. The summed E-state index contributed by atoms with van der Waals surface area (Å²) in [5.74, 6) is 0.828. The molecule has 2 heterocycles. The molecule has 0 aliphatic heterocycles. The van der Waals surface area contributed by atoms with E-state index in [1.54, 1.807) is 38.2 Å². The summed E-state index contributed by atoms with van der Waals surface area (Å²) >= 11 is 0. The molecule has 2 aromatic rings. The van der Waals surface area contributed by atoms with Gasteiger partial charge in [-0.05, 0) is 44.2 Å². The van der Waals surface area contributed by atoms with Crippen molar-refractivity contribution in [3.8, 4) is 5.88 Å². The first kappa shape index (κ1) is 23.5. The van der Waals surface area contributed by atoms with Gasteiger partial charge in [0.05, 0.1) is 19.6 Å². The molecule has 1 fully saturated rings. The number of amides is 2. The van der Waals surface area contributed by atoms with Crippen LogP contribution in [-0.4, -0.2) is 52.6 Å². The molecule has 2 amide bonds. The Morgan fingerprint density at radius 2 is 2.16 bits per heavy atom. The third-order valence-electron chi connectivity index (χ3n) is 5.61. The second-order valence-electron chi connectivity index (χ2n) is 8.03. The Bertz CT molecular complexity index is 921. The van der Waals surface area contributed by atoms with Gasteiger partial charge in [-0.3, -0.25) is 9.89 Å². The number of hydrogen-bond donors (Lipinski definition) is 3. The monoisotopic (exact) mass is 447 g/mol. The number of aromatic amines is 1. The van der Waals surface area contributed by atoms with Gasteiger partial charge in [-0.25, -0.2) is 14.2 Å². The highest BCUT2D eigenvalue weighted by atomic mass is 19.1. The van der Waals surface area contributed by atoms with E-state index in [0.717, 1.165) is 17.7 Å². The highest BCUT2D eigenvalue weighted by Gasteiger charge is 2.30. The molecular formula is C22H30FN5O4. The highest BCUT2D eigenvalue weighted by molar-refractivity contribution is 5.91. The maximum absolute atomic E-state index is 13.6. The molecule has 3 N–H and O–H groups in total. The number of anilines is 1. The summed E-state index contributed by atoms with van der Waals surface area (Å²) in [6.07, 6.45) is 2.34. The second kappa shape index (κ2) is 10.9. The Morgan fingerprint density at radius 3 is 2.91 bits per heavy atom. The first-order chi connectivity index (χ1) is 15.4. The van der Waals surface area contributed by atoms with E-state index in [0.29, 0.717) is 31.0 Å². The van der Waals surface area contributed by atoms with Crippen LogP contribution in [0.1, 0.15) is 56.7 Å². The molecule has 0 spiro atoms. The zero-order valence-electron chi connectivity index (χ0n) is 18.6. The molecule has 0 radical (unpaired) electrons. The van der Waals surface area contributed by atoms with E-state index in [2.05, 4.69) is 25.8 Å². The Hall–Kier alpha value is -3.17. The Morgan fingerprint density at radius 1 is 1.34 bits per heavy atom. The van der Waals surface area contributed by atoms with Crippen molar-refractivity contribution < 1.29 is 23.5 Å². The fraction of sp³-hybridized carbons (Fsp3) is 0.545. The number of hydrogen-bond acceptors (Lipinski definition) is 6. The molecule has 0 bridgehead atoms. The Kier molecular flexibility index (Phi) is 8.02. The molecule has 174 valence electrons. The van der Waals surface area contributed by atoms with Crippen LogP contribution < -0.4 is 15.4 Å². The van der Waals surface area contributed by atoms with Gasteiger partial charge >= 0.3 is 6.09 Å². The van der Waals surface area contributed by atoms with Crippen molar-refractivity contribution >= 4 is 17.8 Å². The number of nitrogens with one attached hydrogen (secondary N) is 3. The first-order valence-corrected chi connectivity index (χ1v) is 10.8. The number of pyridine rings is 1. The molecule has 2 aromatic heterocycles. The standard InChI is InChI=1S/C22H30FN5O4/c1-4-17(23)13(2)25-22(30)32-16-6-5-15(11-16)18-12-19(28-27-18)26-20(29)9-14-7-8-24-21(10-14)31-3/h7-8,10,12-13,15-17H,4-6,9,11H2,1-3H3,(H,25,30)(H2,26,27,28,29)/t13-,15-,16+,17+/m0/s1. The van der Waals surface area contributed by atoms with Gasteiger partial charge in [0.1, 0.15) is 12.3 Å². The summed E-state index contributed by atoms with van der Waals surface area (Å²) in [6, 6.07) is 4.68. The molecule has 0 aromatic carbocycles. The van der Waals surface area contributed by atoms with Crippen molar-refractivity contribution in [2.24, 2.45) is 0 Å². The number of carbonyl (C=O) groups is 2. The summed E-state index contributed by atoms with van der Waals surface area (Å²) < 4.78 is 24.1. The smallest absolute Gasteiger partial charge is 0.407 e. The van der Waals surface area contributed by atoms with Crippen molar-refractivity contribution in [2.45, 2.75) is 70.2 Å². The van der Waals surface area contributed by atoms with Crippen molar-refractivity contribution in [1.82, 2.24) is 20.5 Å². The second-order valence-corrected chi connectivity index (χ2v) is 8.03.